The molecule has 2 fully saturated rings. The van der Waals surface area contributed by atoms with Crippen molar-refractivity contribution in [3.05, 3.63) is 17.5 Å². The molecule has 0 radical (unpaired) electrons. The number of aryl methyl sites for hydroxylation is 2. The Bertz CT molecular complexity index is 557. The molecule has 3 rings (SSSR count). The Kier molecular flexibility index (Phi) is 4.80. The number of amides is 1. The van der Waals surface area contributed by atoms with Crippen molar-refractivity contribution in [3.8, 4) is 0 Å². The number of rotatable bonds is 4. The monoisotopic (exact) mass is 318 g/mol. The van der Waals surface area contributed by atoms with Gasteiger partial charge < -0.3 is 15.0 Å². The van der Waals surface area contributed by atoms with Gasteiger partial charge in [0.25, 0.3) is 0 Å². The van der Waals surface area contributed by atoms with Crippen LogP contribution in [0.15, 0.2) is 6.07 Å². The van der Waals surface area contributed by atoms with Gasteiger partial charge in [-0.25, -0.2) is 9.97 Å². The minimum absolute atomic E-state index is 0.0107. The Morgan fingerprint density at radius 1 is 1.26 bits per heavy atom. The van der Waals surface area contributed by atoms with Crippen LogP contribution in [0.3, 0.4) is 0 Å². The van der Waals surface area contributed by atoms with E-state index in [-0.39, 0.29) is 18.6 Å². The highest BCUT2D eigenvalue weighted by atomic mass is 16.5. The van der Waals surface area contributed by atoms with E-state index in [1.54, 1.807) is 7.11 Å². The molecule has 1 saturated heterocycles. The van der Waals surface area contributed by atoms with Crippen molar-refractivity contribution in [1.29, 1.82) is 0 Å². The molecule has 2 heterocycles. The summed E-state index contributed by atoms with van der Waals surface area (Å²) in [5.74, 6) is 2.15. The Morgan fingerprint density at radius 2 is 1.96 bits per heavy atom. The van der Waals surface area contributed by atoms with Crippen molar-refractivity contribution in [3.63, 3.8) is 0 Å². The molecule has 1 aromatic heterocycles. The number of anilines is 1. The van der Waals surface area contributed by atoms with Crippen LogP contribution in [-0.2, 0) is 9.53 Å². The van der Waals surface area contributed by atoms with E-state index in [1.807, 2.05) is 19.9 Å². The molecule has 2 aliphatic rings. The van der Waals surface area contributed by atoms with Crippen molar-refractivity contribution in [1.82, 2.24) is 15.3 Å². The number of aromatic nitrogens is 2. The molecular weight excluding hydrogens is 292 g/mol. The zero-order chi connectivity index (χ0) is 16.4. The van der Waals surface area contributed by atoms with Gasteiger partial charge >= 0.3 is 0 Å². The molecule has 126 valence electrons. The molecular formula is C17H26N4O2. The predicted octanol–water partition coefficient (Wildman–Crippen LogP) is 1.46. The highest BCUT2D eigenvalue weighted by Gasteiger charge is 2.38. The molecule has 1 aliphatic carbocycles. The maximum absolute atomic E-state index is 11.7. The SMILES string of the molecule is COCC(=O)NC1CCC2CN(c3nc(C)cc(C)n3)CC2C1. The highest BCUT2D eigenvalue weighted by molar-refractivity contribution is 5.77. The minimum Gasteiger partial charge on any atom is -0.375 e. The van der Waals surface area contributed by atoms with Gasteiger partial charge in [0.1, 0.15) is 6.61 Å². The summed E-state index contributed by atoms with van der Waals surface area (Å²) in [5.41, 5.74) is 2.04. The fourth-order valence-electron chi connectivity index (χ4n) is 3.97. The number of carbonyl (C=O) groups excluding carboxylic acids is 1. The lowest BCUT2D eigenvalue weighted by atomic mass is 9.79. The van der Waals surface area contributed by atoms with Gasteiger partial charge in [0.05, 0.1) is 0 Å². The number of ether oxygens (including phenoxy) is 1. The summed E-state index contributed by atoms with van der Waals surface area (Å²) in [6.07, 6.45) is 3.25. The Labute approximate surface area is 137 Å². The number of carbonyl (C=O) groups is 1. The summed E-state index contributed by atoms with van der Waals surface area (Å²) in [5, 5.41) is 3.09. The van der Waals surface area contributed by atoms with Crippen LogP contribution in [0.25, 0.3) is 0 Å². The van der Waals surface area contributed by atoms with Crippen LogP contribution >= 0.6 is 0 Å². The van der Waals surface area contributed by atoms with Crippen LogP contribution in [-0.4, -0.2) is 48.7 Å². The van der Waals surface area contributed by atoms with Crippen molar-refractivity contribution >= 4 is 11.9 Å². The van der Waals surface area contributed by atoms with Crippen molar-refractivity contribution in [2.24, 2.45) is 11.8 Å². The second-order valence-electron chi connectivity index (χ2n) is 6.89. The predicted molar refractivity (Wildman–Crippen MR) is 88.4 cm³/mol. The summed E-state index contributed by atoms with van der Waals surface area (Å²) in [6.45, 7) is 6.20. The average molecular weight is 318 g/mol. The van der Waals surface area contributed by atoms with Crippen LogP contribution in [0.2, 0.25) is 0 Å². The van der Waals surface area contributed by atoms with Crippen molar-refractivity contribution in [2.75, 3.05) is 31.7 Å². The summed E-state index contributed by atoms with van der Waals surface area (Å²) in [4.78, 5) is 23.2. The largest absolute Gasteiger partial charge is 0.375 e. The molecule has 1 saturated carbocycles. The topological polar surface area (TPSA) is 67.3 Å². The van der Waals surface area contributed by atoms with E-state index >= 15 is 0 Å². The zero-order valence-electron chi connectivity index (χ0n) is 14.2. The second-order valence-corrected chi connectivity index (χ2v) is 6.89. The van der Waals surface area contributed by atoms with Gasteiger partial charge in [-0.15, -0.1) is 0 Å². The molecule has 1 aliphatic heterocycles. The van der Waals surface area contributed by atoms with Gasteiger partial charge in [-0.3, -0.25) is 4.79 Å². The number of fused-ring (bicyclic) bond motifs is 1. The number of nitrogens with zero attached hydrogens (tertiary/aromatic N) is 3. The molecule has 3 unspecified atom stereocenters. The highest BCUT2D eigenvalue weighted by Crippen LogP contribution is 2.37. The van der Waals surface area contributed by atoms with Gasteiger partial charge in [0.2, 0.25) is 11.9 Å². The lowest BCUT2D eigenvalue weighted by molar-refractivity contribution is -0.125. The third-order valence-corrected chi connectivity index (χ3v) is 4.94. The molecule has 1 N–H and O–H groups in total. The first-order valence-corrected chi connectivity index (χ1v) is 8.40. The van der Waals surface area contributed by atoms with E-state index in [2.05, 4.69) is 20.2 Å². The quantitative estimate of drug-likeness (QED) is 0.910. The number of methoxy groups -OCH3 is 1. The maximum atomic E-state index is 11.7. The molecule has 3 atom stereocenters. The average Bonchev–Trinajstić information content (AvgIpc) is 2.89. The van der Waals surface area contributed by atoms with E-state index in [1.165, 1.54) is 0 Å². The van der Waals surface area contributed by atoms with E-state index in [0.29, 0.717) is 11.8 Å². The van der Waals surface area contributed by atoms with Gasteiger partial charge in [-0.2, -0.15) is 0 Å². The van der Waals surface area contributed by atoms with Crippen LogP contribution in [0.4, 0.5) is 5.95 Å². The van der Waals surface area contributed by atoms with Crippen LogP contribution in [0.5, 0.6) is 0 Å². The van der Waals surface area contributed by atoms with Crippen LogP contribution in [0, 0.1) is 25.7 Å². The molecule has 0 aromatic carbocycles. The van der Waals surface area contributed by atoms with Gasteiger partial charge in [0, 0.05) is 37.6 Å². The lowest BCUT2D eigenvalue weighted by Gasteiger charge is -2.31. The number of hydrogen-bond acceptors (Lipinski definition) is 5. The van der Waals surface area contributed by atoms with Crippen LogP contribution in [0.1, 0.15) is 30.7 Å². The maximum Gasteiger partial charge on any atom is 0.246 e. The van der Waals surface area contributed by atoms with Gasteiger partial charge in [-0.05, 0) is 51.0 Å². The lowest BCUT2D eigenvalue weighted by Crippen LogP contribution is -2.42. The number of nitrogens with one attached hydrogen (secondary N) is 1. The fourth-order valence-corrected chi connectivity index (χ4v) is 3.97. The first-order valence-electron chi connectivity index (χ1n) is 8.40. The molecule has 6 nitrogen and oxygen atoms in total. The number of hydrogen-bond donors (Lipinski definition) is 1. The normalized spacial score (nSPS) is 26.9. The molecule has 1 amide bonds. The van der Waals surface area contributed by atoms with E-state index in [9.17, 15) is 4.79 Å². The first kappa shape index (κ1) is 16.2. The summed E-state index contributed by atoms with van der Waals surface area (Å²) in [7, 11) is 1.55. The summed E-state index contributed by atoms with van der Waals surface area (Å²) in [6, 6.07) is 2.28. The fraction of sp³-hybridized carbons (Fsp3) is 0.706. The third-order valence-electron chi connectivity index (χ3n) is 4.94. The standard InChI is InChI=1S/C17H26N4O2/c1-11-6-12(2)19-17(18-11)21-8-13-4-5-15(7-14(13)9-21)20-16(22)10-23-3/h6,13-15H,4-5,7-10H2,1-3H3,(H,20,22). The Morgan fingerprint density at radius 3 is 2.65 bits per heavy atom. The second kappa shape index (κ2) is 6.83. The molecule has 6 heteroatoms. The molecule has 0 bridgehead atoms. The summed E-state index contributed by atoms with van der Waals surface area (Å²) < 4.78 is 4.89. The molecule has 1 aromatic rings. The van der Waals surface area contributed by atoms with Gasteiger partial charge in [0.15, 0.2) is 0 Å². The summed E-state index contributed by atoms with van der Waals surface area (Å²) >= 11 is 0. The molecule has 23 heavy (non-hydrogen) atoms. The third kappa shape index (κ3) is 3.80. The Balaban J connectivity index is 1.61. The molecule has 0 spiro atoms. The van der Waals surface area contributed by atoms with E-state index in [4.69, 9.17) is 4.74 Å². The minimum atomic E-state index is -0.0107. The van der Waals surface area contributed by atoms with Crippen molar-refractivity contribution < 1.29 is 9.53 Å². The van der Waals surface area contributed by atoms with Gasteiger partial charge in [-0.1, -0.05) is 0 Å². The first-order chi connectivity index (χ1) is 11.0. The Hall–Kier alpha value is -1.69. The van der Waals surface area contributed by atoms with Crippen molar-refractivity contribution in [2.45, 2.75) is 39.2 Å². The van der Waals surface area contributed by atoms with E-state index < -0.39 is 0 Å². The van der Waals surface area contributed by atoms with E-state index in [0.717, 1.165) is 49.7 Å². The van der Waals surface area contributed by atoms with Crippen LogP contribution < -0.4 is 10.2 Å². The smallest absolute Gasteiger partial charge is 0.246 e. The zero-order valence-corrected chi connectivity index (χ0v) is 14.2.